The first kappa shape index (κ1) is 16.9. The molecule has 1 fully saturated rings. The van der Waals surface area contributed by atoms with Gasteiger partial charge in [0.1, 0.15) is 5.56 Å². The number of carbonyl (C=O) groups excluding carboxylic acids is 1. The Bertz CT molecular complexity index is 1060. The van der Waals surface area contributed by atoms with Gasteiger partial charge in [-0.3, -0.25) is 4.79 Å². The first-order chi connectivity index (χ1) is 11.9. The molecular weight excluding hydrogens is 404 g/mol. The van der Waals surface area contributed by atoms with E-state index in [0.29, 0.717) is 11.0 Å². The molecule has 0 aliphatic heterocycles. The van der Waals surface area contributed by atoms with Gasteiger partial charge in [-0.25, -0.2) is 4.79 Å². The predicted molar refractivity (Wildman–Crippen MR) is 103 cm³/mol. The summed E-state index contributed by atoms with van der Waals surface area (Å²) in [6.45, 7) is 1.36. The van der Waals surface area contributed by atoms with E-state index in [-0.39, 0.29) is 11.3 Å². The fourth-order valence-corrected chi connectivity index (χ4v) is 6.01. The average molecular weight is 421 g/mol. The summed E-state index contributed by atoms with van der Waals surface area (Å²) < 4.78 is 7.18. The van der Waals surface area contributed by atoms with Crippen molar-refractivity contribution in [1.29, 1.82) is 0 Å². The molecule has 1 aromatic carbocycles. The molecule has 1 aliphatic rings. The van der Waals surface area contributed by atoms with E-state index in [4.69, 9.17) is 4.42 Å². The van der Waals surface area contributed by atoms with Gasteiger partial charge < -0.3 is 9.52 Å². The number of carbonyl (C=O) groups is 1. The molecule has 0 amide bonds. The highest BCUT2D eigenvalue weighted by Crippen LogP contribution is 2.48. The van der Waals surface area contributed by atoms with Gasteiger partial charge in [0.25, 0.3) is 0 Å². The van der Waals surface area contributed by atoms with Crippen molar-refractivity contribution in [3.63, 3.8) is 0 Å². The van der Waals surface area contributed by atoms with E-state index in [0.717, 1.165) is 51.5 Å². The van der Waals surface area contributed by atoms with Crippen molar-refractivity contribution in [2.24, 2.45) is 0 Å². The van der Waals surface area contributed by atoms with Crippen molar-refractivity contribution in [3.8, 4) is 0 Å². The van der Waals surface area contributed by atoms with Crippen molar-refractivity contribution in [2.45, 2.75) is 44.6 Å². The molecule has 1 saturated carbocycles. The Labute approximate surface area is 156 Å². The van der Waals surface area contributed by atoms with Crippen molar-refractivity contribution in [3.05, 3.63) is 43.5 Å². The largest absolute Gasteiger partial charge is 0.421 e. The lowest BCUT2D eigenvalue weighted by molar-refractivity contribution is 0.00231. The molecular formula is C19H17BrO4S. The van der Waals surface area contributed by atoms with Gasteiger partial charge in [-0.2, -0.15) is 0 Å². The Morgan fingerprint density at radius 3 is 2.68 bits per heavy atom. The Hall–Kier alpha value is -1.50. The maximum Gasteiger partial charge on any atom is 0.347 e. The molecule has 0 bridgehead atoms. The first-order valence-electron chi connectivity index (χ1n) is 8.33. The van der Waals surface area contributed by atoms with E-state index in [2.05, 4.69) is 15.9 Å². The smallest absolute Gasteiger partial charge is 0.347 e. The van der Waals surface area contributed by atoms with Crippen LogP contribution < -0.4 is 5.63 Å². The lowest BCUT2D eigenvalue weighted by Gasteiger charge is -2.31. The molecule has 0 radical (unpaired) electrons. The summed E-state index contributed by atoms with van der Waals surface area (Å²) in [5, 5.41) is 12.7. The van der Waals surface area contributed by atoms with Gasteiger partial charge in [0.2, 0.25) is 0 Å². The summed E-state index contributed by atoms with van der Waals surface area (Å²) >= 11 is 5.11. The SMILES string of the molecule is CC(=O)c1cc2ccc3c(Br)c(C4(O)CCCCC4)sc3c2oc1=O. The van der Waals surface area contributed by atoms with Crippen LogP contribution in [0.4, 0.5) is 0 Å². The maximum absolute atomic E-state index is 12.1. The fraction of sp³-hybridized carbons (Fsp3) is 0.368. The molecule has 0 unspecified atom stereocenters. The zero-order chi connectivity index (χ0) is 17.8. The van der Waals surface area contributed by atoms with Crippen LogP contribution >= 0.6 is 27.3 Å². The fourth-order valence-electron chi connectivity index (χ4n) is 3.61. The number of halogens is 1. The Balaban J connectivity index is 1.99. The number of hydrogen-bond donors (Lipinski definition) is 1. The molecule has 6 heteroatoms. The molecule has 1 N–H and O–H groups in total. The number of hydrogen-bond acceptors (Lipinski definition) is 5. The Morgan fingerprint density at radius 1 is 1.28 bits per heavy atom. The van der Waals surface area contributed by atoms with E-state index >= 15 is 0 Å². The first-order valence-corrected chi connectivity index (χ1v) is 9.94. The minimum atomic E-state index is -0.827. The third-order valence-corrected chi connectivity index (χ3v) is 7.46. The molecule has 0 atom stereocenters. The molecule has 2 aromatic heterocycles. The molecule has 130 valence electrons. The van der Waals surface area contributed by atoms with E-state index in [1.807, 2.05) is 12.1 Å². The summed E-state index contributed by atoms with van der Waals surface area (Å²) in [6, 6.07) is 5.38. The van der Waals surface area contributed by atoms with Crippen LogP contribution in [0.5, 0.6) is 0 Å². The third kappa shape index (κ3) is 2.67. The Kier molecular flexibility index (Phi) is 4.09. The summed E-state index contributed by atoms with van der Waals surface area (Å²) in [7, 11) is 0. The highest BCUT2D eigenvalue weighted by atomic mass is 79.9. The molecule has 3 aromatic rings. The number of thiophene rings is 1. The third-order valence-electron chi connectivity index (χ3n) is 4.98. The second-order valence-electron chi connectivity index (χ2n) is 6.70. The lowest BCUT2D eigenvalue weighted by Crippen LogP contribution is -2.27. The van der Waals surface area contributed by atoms with Crippen molar-refractivity contribution in [1.82, 2.24) is 0 Å². The van der Waals surface area contributed by atoms with Crippen LogP contribution in [0.3, 0.4) is 0 Å². The van der Waals surface area contributed by atoms with E-state index in [9.17, 15) is 14.7 Å². The van der Waals surface area contributed by atoms with Crippen molar-refractivity contribution >= 4 is 54.1 Å². The predicted octanol–water partition coefficient (Wildman–Crippen LogP) is 5.12. The van der Waals surface area contributed by atoms with Crippen LogP contribution in [-0.4, -0.2) is 10.9 Å². The van der Waals surface area contributed by atoms with E-state index < -0.39 is 11.2 Å². The second-order valence-corrected chi connectivity index (χ2v) is 8.52. The van der Waals surface area contributed by atoms with Gasteiger partial charge in [-0.1, -0.05) is 31.4 Å². The summed E-state index contributed by atoms with van der Waals surface area (Å²) in [4.78, 5) is 24.6. The van der Waals surface area contributed by atoms with Crippen LogP contribution in [-0.2, 0) is 5.60 Å². The van der Waals surface area contributed by atoms with Gasteiger partial charge in [0, 0.05) is 15.2 Å². The number of fused-ring (bicyclic) bond motifs is 3. The molecule has 1 aliphatic carbocycles. The minimum Gasteiger partial charge on any atom is -0.421 e. The van der Waals surface area contributed by atoms with Crippen LogP contribution in [0.15, 0.2) is 31.9 Å². The number of ketones is 1. The van der Waals surface area contributed by atoms with Crippen LogP contribution in [0, 0.1) is 0 Å². The van der Waals surface area contributed by atoms with Crippen LogP contribution in [0.25, 0.3) is 21.1 Å². The number of benzene rings is 1. The van der Waals surface area contributed by atoms with Gasteiger partial charge in [0.15, 0.2) is 11.4 Å². The van der Waals surface area contributed by atoms with Crippen LogP contribution in [0.2, 0.25) is 0 Å². The number of rotatable bonds is 2. The molecule has 0 spiro atoms. The standard InChI is InChI=1S/C19H17BrO4S/c1-10(21)13-9-11-5-6-12-14(20)17(19(23)7-3-2-4-8-19)25-16(12)15(11)24-18(13)22/h5-6,9,23H,2-4,7-8H2,1H3. The summed E-state index contributed by atoms with van der Waals surface area (Å²) in [5.74, 6) is -0.305. The van der Waals surface area contributed by atoms with E-state index in [1.165, 1.54) is 18.3 Å². The maximum atomic E-state index is 12.1. The molecule has 25 heavy (non-hydrogen) atoms. The minimum absolute atomic E-state index is 0.0635. The van der Waals surface area contributed by atoms with Gasteiger partial charge in [-0.05, 0) is 41.8 Å². The summed E-state index contributed by atoms with van der Waals surface area (Å²) in [5.41, 5.74) is -0.903. The summed E-state index contributed by atoms with van der Waals surface area (Å²) in [6.07, 6.45) is 4.66. The molecule has 2 heterocycles. The van der Waals surface area contributed by atoms with Crippen molar-refractivity contribution < 1.29 is 14.3 Å². The van der Waals surface area contributed by atoms with Gasteiger partial charge in [0.05, 0.1) is 15.2 Å². The number of aliphatic hydroxyl groups is 1. The Morgan fingerprint density at radius 2 is 2.00 bits per heavy atom. The molecule has 0 saturated heterocycles. The monoisotopic (exact) mass is 420 g/mol. The lowest BCUT2D eigenvalue weighted by atomic mass is 9.83. The second kappa shape index (κ2) is 6.04. The molecule has 4 nitrogen and oxygen atoms in total. The van der Waals surface area contributed by atoms with Gasteiger partial charge in [-0.15, -0.1) is 11.3 Å². The molecule has 4 rings (SSSR count). The topological polar surface area (TPSA) is 67.5 Å². The van der Waals surface area contributed by atoms with Crippen LogP contribution in [0.1, 0.15) is 54.3 Å². The highest BCUT2D eigenvalue weighted by Gasteiger charge is 2.35. The van der Waals surface area contributed by atoms with E-state index in [1.54, 1.807) is 6.07 Å². The van der Waals surface area contributed by atoms with Gasteiger partial charge >= 0.3 is 5.63 Å². The average Bonchev–Trinajstić information content (AvgIpc) is 2.93. The number of Topliss-reactive ketones (excluding diaryl/α,β-unsaturated/α-hetero) is 1. The van der Waals surface area contributed by atoms with Crippen molar-refractivity contribution in [2.75, 3.05) is 0 Å². The zero-order valence-corrected chi connectivity index (χ0v) is 16.1. The zero-order valence-electron chi connectivity index (χ0n) is 13.7. The normalized spacial score (nSPS) is 17.2. The highest BCUT2D eigenvalue weighted by molar-refractivity contribution is 9.10. The quantitative estimate of drug-likeness (QED) is 0.461.